The second-order valence-corrected chi connectivity index (χ2v) is 7.02. The van der Waals surface area contributed by atoms with Gasteiger partial charge in [-0.3, -0.25) is 14.5 Å². The molecular formula is C22H27N3O3. The zero-order chi connectivity index (χ0) is 20.1. The Kier molecular flexibility index (Phi) is 6.31. The summed E-state index contributed by atoms with van der Waals surface area (Å²) < 4.78 is 5.21. The fraction of sp³-hybridized carbons (Fsp3) is 0.364. The van der Waals surface area contributed by atoms with Gasteiger partial charge in [-0.05, 0) is 50.2 Å². The number of anilines is 2. The first-order valence-electron chi connectivity index (χ1n) is 9.53. The maximum atomic E-state index is 12.6. The minimum atomic E-state index is -0.237. The summed E-state index contributed by atoms with van der Waals surface area (Å²) in [4.78, 5) is 28.7. The van der Waals surface area contributed by atoms with E-state index in [4.69, 9.17) is 4.74 Å². The molecule has 0 spiro atoms. The van der Waals surface area contributed by atoms with Crippen molar-refractivity contribution in [2.45, 2.75) is 19.9 Å². The molecule has 6 nitrogen and oxygen atoms in total. The van der Waals surface area contributed by atoms with Gasteiger partial charge in [-0.25, -0.2) is 0 Å². The van der Waals surface area contributed by atoms with Crippen LogP contribution in [0.1, 0.15) is 24.2 Å². The van der Waals surface area contributed by atoms with E-state index in [0.29, 0.717) is 11.3 Å². The second-order valence-electron chi connectivity index (χ2n) is 7.02. The molecule has 1 saturated heterocycles. The van der Waals surface area contributed by atoms with Crippen molar-refractivity contribution in [2.24, 2.45) is 0 Å². The number of carbonyl (C=O) groups excluding carboxylic acids is 2. The number of hydrogen-bond donors (Lipinski definition) is 1. The lowest BCUT2D eigenvalue weighted by Gasteiger charge is -2.38. The molecule has 1 amide bonds. The van der Waals surface area contributed by atoms with Crippen molar-refractivity contribution in [3.05, 3.63) is 54.1 Å². The molecule has 1 fully saturated rings. The molecule has 3 rings (SSSR count). The highest BCUT2D eigenvalue weighted by Gasteiger charge is 2.25. The number of nitrogens with one attached hydrogen (secondary N) is 1. The van der Waals surface area contributed by atoms with E-state index in [1.54, 1.807) is 31.4 Å². The molecule has 0 bridgehead atoms. The molecule has 1 N–H and O–H groups in total. The van der Waals surface area contributed by atoms with E-state index in [1.165, 1.54) is 12.6 Å². The quantitative estimate of drug-likeness (QED) is 0.780. The number of Topliss-reactive ketones (excluding diaryl/α,β-unsaturated/α-hetero) is 1. The number of ether oxygens (including phenoxy) is 1. The molecule has 1 aliphatic heterocycles. The molecule has 0 aromatic heterocycles. The molecular weight excluding hydrogens is 354 g/mol. The molecule has 1 heterocycles. The molecule has 1 aliphatic rings. The van der Waals surface area contributed by atoms with Crippen LogP contribution >= 0.6 is 0 Å². The van der Waals surface area contributed by atoms with E-state index in [2.05, 4.69) is 27.2 Å². The van der Waals surface area contributed by atoms with E-state index in [0.717, 1.165) is 31.9 Å². The summed E-state index contributed by atoms with van der Waals surface area (Å²) in [7, 11) is 1.66. The summed E-state index contributed by atoms with van der Waals surface area (Å²) in [6, 6.07) is 14.9. The van der Waals surface area contributed by atoms with Crippen LogP contribution in [0.5, 0.6) is 5.75 Å². The normalized spacial score (nSPS) is 15.8. The van der Waals surface area contributed by atoms with Gasteiger partial charge in [-0.1, -0.05) is 12.1 Å². The molecule has 1 atom stereocenters. The van der Waals surface area contributed by atoms with Crippen LogP contribution in [-0.4, -0.2) is 55.9 Å². The van der Waals surface area contributed by atoms with Gasteiger partial charge in [0.05, 0.1) is 13.2 Å². The lowest BCUT2D eigenvalue weighted by molar-refractivity contribution is -0.120. The van der Waals surface area contributed by atoms with Gasteiger partial charge >= 0.3 is 0 Å². The molecule has 0 saturated carbocycles. The number of nitrogens with zero attached hydrogens (tertiary/aromatic N) is 2. The van der Waals surface area contributed by atoms with E-state index in [-0.39, 0.29) is 17.7 Å². The molecule has 148 valence electrons. The Balaban J connectivity index is 1.55. The van der Waals surface area contributed by atoms with Crippen LogP contribution in [0.4, 0.5) is 11.4 Å². The van der Waals surface area contributed by atoms with Crippen molar-refractivity contribution >= 4 is 23.1 Å². The summed E-state index contributed by atoms with van der Waals surface area (Å²) in [6.45, 7) is 6.80. The number of piperazine rings is 1. The number of carbonyl (C=O) groups is 2. The van der Waals surface area contributed by atoms with Gasteiger partial charge in [0.15, 0.2) is 5.78 Å². The first-order valence-corrected chi connectivity index (χ1v) is 9.53. The SMILES string of the molecule is COc1ccc(N2CCN([C@@H](C)C(=O)Nc3cccc(C(C)=O)c3)CC2)cc1. The summed E-state index contributed by atoms with van der Waals surface area (Å²) in [5, 5.41) is 2.93. The van der Waals surface area contributed by atoms with Crippen molar-refractivity contribution < 1.29 is 14.3 Å². The first kappa shape index (κ1) is 19.9. The average Bonchev–Trinajstić information content (AvgIpc) is 2.73. The number of rotatable bonds is 6. The maximum Gasteiger partial charge on any atom is 0.241 e. The number of benzene rings is 2. The topological polar surface area (TPSA) is 61.9 Å². The van der Waals surface area contributed by atoms with Gasteiger partial charge in [0.2, 0.25) is 5.91 Å². The second kappa shape index (κ2) is 8.89. The van der Waals surface area contributed by atoms with Gasteiger partial charge in [-0.2, -0.15) is 0 Å². The molecule has 0 radical (unpaired) electrons. The van der Waals surface area contributed by atoms with Crippen LogP contribution in [0.25, 0.3) is 0 Å². The third-order valence-electron chi connectivity index (χ3n) is 5.22. The molecule has 6 heteroatoms. The van der Waals surface area contributed by atoms with E-state index in [9.17, 15) is 9.59 Å². The summed E-state index contributed by atoms with van der Waals surface area (Å²) in [5.41, 5.74) is 2.42. The van der Waals surface area contributed by atoms with Crippen LogP contribution in [-0.2, 0) is 4.79 Å². The minimum absolute atomic E-state index is 0.0150. The zero-order valence-electron chi connectivity index (χ0n) is 16.6. The Labute approximate surface area is 166 Å². The number of ketones is 1. The van der Waals surface area contributed by atoms with E-state index in [1.807, 2.05) is 19.1 Å². The van der Waals surface area contributed by atoms with Crippen LogP contribution in [0.3, 0.4) is 0 Å². The Morgan fingerprint density at radius 3 is 2.32 bits per heavy atom. The van der Waals surface area contributed by atoms with Gasteiger partial charge in [0.25, 0.3) is 0 Å². The monoisotopic (exact) mass is 381 g/mol. The lowest BCUT2D eigenvalue weighted by Crippen LogP contribution is -2.52. The van der Waals surface area contributed by atoms with Crippen LogP contribution < -0.4 is 15.0 Å². The maximum absolute atomic E-state index is 12.6. The highest BCUT2D eigenvalue weighted by Crippen LogP contribution is 2.21. The number of methoxy groups -OCH3 is 1. The van der Waals surface area contributed by atoms with Crippen molar-refractivity contribution in [3.8, 4) is 5.75 Å². The molecule has 0 aliphatic carbocycles. The zero-order valence-corrected chi connectivity index (χ0v) is 16.6. The molecule has 2 aromatic carbocycles. The van der Waals surface area contributed by atoms with Crippen molar-refractivity contribution in [1.82, 2.24) is 4.90 Å². The fourth-order valence-electron chi connectivity index (χ4n) is 3.39. The highest BCUT2D eigenvalue weighted by molar-refractivity contribution is 5.98. The third kappa shape index (κ3) is 4.70. The predicted octanol–water partition coefficient (Wildman–Crippen LogP) is 3.05. The Morgan fingerprint density at radius 1 is 1.04 bits per heavy atom. The van der Waals surface area contributed by atoms with E-state index < -0.39 is 0 Å². The first-order chi connectivity index (χ1) is 13.5. The molecule has 28 heavy (non-hydrogen) atoms. The fourth-order valence-corrected chi connectivity index (χ4v) is 3.39. The third-order valence-corrected chi connectivity index (χ3v) is 5.22. The summed E-state index contributed by atoms with van der Waals surface area (Å²) in [5.74, 6) is 0.777. The Hall–Kier alpha value is -2.86. The van der Waals surface area contributed by atoms with Crippen molar-refractivity contribution in [1.29, 1.82) is 0 Å². The van der Waals surface area contributed by atoms with Gasteiger partial charge in [0, 0.05) is 43.1 Å². The minimum Gasteiger partial charge on any atom is -0.497 e. The average molecular weight is 381 g/mol. The number of hydrogen-bond acceptors (Lipinski definition) is 5. The van der Waals surface area contributed by atoms with Gasteiger partial charge in [0.1, 0.15) is 5.75 Å². The lowest BCUT2D eigenvalue weighted by atomic mass is 10.1. The van der Waals surface area contributed by atoms with E-state index >= 15 is 0 Å². The van der Waals surface area contributed by atoms with Crippen molar-refractivity contribution in [2.75, 3.05) is 43.5 Å². The van der Waals surface area contributed by atoms with Crippen LogP contribution in [0.15, 0.2) is 48.5 Å². The largest absolute Gasteiger partial charge is 0.497 e. The molecule has 2 aromatic rings. The number of amides is 1. The smallest absolute Gasteiger partial charge is 0.241 e. The van der Waals surface area contributed by atoms with Crippen LogP contribution in [0, 0.1) is 0 Å². The molecule has 0 unspecified atom stereocenters. The Morgan fingerprint density at radius 2 is 1.71 bits per heavy atom. The van der Waals surface area contributed by atoms with Crippen LogP contribution in [0.2, 0.25) is 0 Å². The van der Waals surface area contributed by atoms with Gasteiger partial charge in [-0.15, -0.1) is 0 Å². The summed E-state index contributed by atoms with van der Waals surface area (Å²) >= 11 is 0. The van der Waals surface area contributed by atoms with Gasteiger partial charge < -0.3 is 15.0 Å². The van der Waals surface area contributed by atoms with Crippen molar-refractivity contribution in [3.63, 3.8) is 0 Å². The Bertz CT molecular complexity index is 827. The standard InChI is InChI=1S/C22H27N3O3/c1-16(22(27)23-19-6-4-5-18(15-19)17(2)26)24-11-13-25(14-12-24)20-7-9-21(28-3)10-8-20/h4-10,15-16H,11-14H2,1-3H3,(H,23,27)/t16-/m0/s1. The summed E-state index contributed by atoms with van der Waals surface area (Å²) in [6.07, 6.45) is 0. The highest BCUT2D eigenvalue weighted by atomic mass is 16.5. The predicted molar refractivity (Wildman–Crippen MR) is 111 cm³/mol.